The molecule has 1 aliphatic rings. The fourth-order valence-electron chi connectivity index (χ4n) is 2.13. The van der Waals surface area contributed by atoms with E-state index in [9.17, 15) is 0 Å². The van der Waals surface area contributed by atoms with Crippen LogP contribution in [0.5, 0.6) is 0 Å². The molecule has 1 aliphatic heterocycles. The standard InChI is InChI=1S/C14H30N2O4/c1-2-15-3-5-16(6-4-15)7-9-18-11-13-20-14-12-19-10-8-17/h17H,2-14H2,1H3. The van der Waals surface area contributed by atoms with Gasteiger partial charge in [-0.25, -0.2) is 0 Å². The molecule has 1 heterocycles. The number of rotatable bonds is 12. The van der Waals surface area contributed by atoms with Crippen molar-refractivity contribution in [3.05, 3.63) is 0 Å². The first-order valence-corrected chi connectivity index (χ1v) is 7.65. The number of aliphatic hydroxyl groups is 1. The van der Waals surface area contributed by atoms with E-state index in [0.29, 0.717) is 33.0 Å². The van der Waals surface area contributed by atoms with Gasteiger partial charge in [-0.15, -0.1) is 0 Å². The van der Waals surface area contributed by atoms with Crippen molar-refractivity contribution in [1.82, 2.24) is 9.80 Å². The maximum absolute atomic E-state index is 8.51. The number of ether oxygens (including phenoxy) is 3. The van der Waals surface area contributed by atoms with E-state index in [-0.39, 0.29) is 6.61 Å². The molecule has 1 saturated heterocycles. The van der Waals surface area contributed by atoms with E-state index in [1.807, 2.05) is 0 Å². The van der Waals surface area contributed by atoms with Gasteiger partial charge in [-0.3, -0.25) is 4.90 Å². The van der Waals surface area contributed by atoms with Gasteiger partial charge in [0.05, 0.1) is 46.2 Å². The summed E-state index contributed by atoms with van der Waals surface area (Å²) in [6.07, 6.45) is 0. The Morgan fingerprint density at radius 1 is 0.750 bits per heavy atom. The van der Waals surface area contributed by atoms with Crippen molar-refractivity contribution in [3.63, 3.8) is 0 Å². The summed E-state index contributed by atoms with van der Waals surface area (Å²) in [5.74, 6) is 0. The molecule has 6 nitrogen and oxygen atoms in total. The molecule has 0 saturated carbocycles. The Bertz CT molecular complexity index is 211. The molecule has 120 valence electrons. The van der Waals surface area contributed by atoms with Crippen LogP contribution in [0.25, 0.3) is 0 Å². The van der Waals surface area contributed by atoms with Crippen LogP contribution in [0.4, 0.5) is 0 Å². The highest BCUT2D eigenvalue weighted by Gasteiger charge is 2.14. The van der Waals surface area contributed by atoms with E-state index in [1.165, 1.54) is 13.1 Å². The molecule has 0 amide bonds. The zero-order valence-electron chi connectivity index (χ0n) is 12.8. The van der Waals surface area contributed by atoms with Crippen molar-refractivity contribution < 1.29 is 19.3 Å². The maximum atomic E-state index is 8.51. The number of hydrogen-bond donors (Lipinski definition) is 1. The van der Waals surface area contributed by atoms with Crippen molar-refractivity contribution in [1.29, 1.82) is 0 Å². The van der Waals surface area contributed by atoms with Crippen molar-refractivity contribution in [2.75, 3.05) is 85.5 Å². The Morgan fingerprint density at radius 3 is 1.80 bits per heavy atom. The molecule has 1 N–H and O–H groups in total. The third kappa shape index (κ3) is 8.84. The second-order valence-corrected chi connectivity index (χ2v) is 4.84. The summed E-state index contributed by atoms with van der Waals surface area (Å²) in [4.78, 5) is 4.93. The molecule has 20 heavy (non-hydrogen) atoms. The van der Waals surface area contributed by atoms with Gasteiger partial charge in [0.15, 0.2) is 0 Å². The van der Waals surface area contributed by atoms with Gasteiger partial charge < -0.3 is 24.2 Å². The minimum atomic E-state index is 0.0651. The van der Waals surface area contributed by atoms with E-state index < -0.39 is 0 Å². The molecule has 0 spiro atoms. The SMILES string of the molecule is CCN1CCN(CCOCCOCCOCCO)CC1. The molecule has 0 aromatic rings. The second-order valence-electron chi connectivity index (χ2n) is 4.84. The van der Waals surface area contributed by atoms with Crippen LogP contribution in [0.2, 0.25) is 0 Å². The van der Waals surface area contributed by atoms with Gasteiger partial charge in [0.1, 0.15) is 0 Å². The van der Waals surface area contributed by atoms with Gasteiger partial charge in [0.2, 0.25) is 0 Å². The zero-order chi connectivity index (χ0) is 14.5. The third-order valence-corrected chi connectivity index (χ3v) is 3.44. The Balaban J connectivity index is 1.79. The molecule has 1 rings (SSSR count). The molecule has 0 radical (unpaired) electrons. The smallest absolute Gasteiger partial charge is 0.0701 e. The van der Waals surface area contributed by atoms with Crippen LogP contribution in [-0.2, 0) is 14.2 Å². The number of piperazine rings is 1. The number of hydrogen-bond acceptors (Lipinski definition) is 6. The predicted octanol–water partition coefficient (Wildman–Crippen LogP) is -0.334. The topological polar surface area (TPSA) is 54.4 Å². The third-order valence-electron chi connectivity index (χ3n) is 3.44. The fraction of sp³-hybridized carbons (Fsp3) is 1.00. The van der Waals surface area contributed by atoms with E-state index in [2.05, 4.69) is 16.7 Å². The van der Waals surface area contributed by atoms with Gasteiger partial charge in [0, 0.05) is 32.7 Å². The van der Waals surface area contributed by atoms with Crippen LogP contribution in [0, 0.1) is 0 Å². The summed E-state index contributed by atoms with van der Waals surface area (Å²) in [5, 5.41) is 8.51. The molecule has 0 atom stereocenters. The minimum absolute atomic E-state index is 0.0651. The highest BCUT2D eigenvalue weighted by atomic mass is 16.5. The Kier molecular flexibility index (Phi) is 11.1. The molecule has 0 aliphatic carbocycles. The van der Waals surface area contributed by atoms with Crippen LogP contribution in [-0.4, -0.2) is 100 Å². The van der Waals surface area contributed by atoms with E-state index in [4.69, 9.17) is 19.3 Å². The molecule has 0 unspecified atom stereocenters. The summed E-state index contributed by atoms with van der Waals surface area (Å²) in [7, 11) is 0. The van der Waals surface area contributed by atoms with Crippen LogP contribution >= 0.6 is 0 Å². The maximum Gasteiger partial charge on any atom is 0.0701 e. The second kappa shape index (κ2) is 12.5. The first-order chi connectivity index (χ1) is 9.86. The molecule has 6 heteroatoms. The van der Waals surface area contributed by atoms with Gasteiger partial charge in [-0.1, -0.05) is 6.92 Å². The first kappa shape index (κ1) is 17.8. The average molecular weight is 290 g/mol. The highest BCUT2D eigenvalue weighted by molar-refractivity contribution is 4.70. The Labute approximate surface area is 122 Å². The molecular weight excluding hydrogens is 260 g/mol. The summed E-state index contributed by atoms with van der Waals surface area (Å²) in [6.45, 7) is 12.6. The first-order valence-electron chi connectivity index (χ1n) is 7.65. The summed E-state index contributed by atoms with van der Waals surface area (Å²) >= 11 is 0. The number of likely N-dealkylation sites (N-methyl/N-ethyl adjacent to an activating group) is 1. The Morgan fingerprint density at radius 2 is 1.25 bits per heavy atom. The van der Waals surface area contributed by atoms with E-state index in [0.717, 1.165) is 32.8 Å². The van der Waals surface area contributed by atoms with Crippen molar-refractivity contribution >= 4 is 0 Å². The lowest BCUT2D eigenvalue weighted by atomic mass is 10.3. The van der Waals surface area contributed by atoms with Crippen LogP contribution < -0.4 is 0 Å². The highest BCUT2D eigenvalue weighted by Crippen LogP contribution is 2.00. The summed E-state index contributed by atoms with van der Waals surface area (Å²) in [6, 6.07) is 0. The molecular formula is C14H30N2O4. The summed E-state index contributed by atoms with van der Waals surface area (Å²) in [5.41, 5.74) is 0. The lowest BCUT2D eigenvalue weighted by molar-refractivity contribution is 0.00269. The van der Waals surface area contributed by atoms with E-state index >= 15 is 0 Å². The van der Waals surface area contributed by atoms with Gasteiger partial charge >= 0.3 is 0 Å². The molecule has 0 bridgehead atoms. The van der Waals surface area contributed by atoms with Crippen molar-refractivity contribution in [2.24, 2.45) is 0 Å². The molecule has 0 aromatic carbocycles. The summed E-state index contributed by atoms with van der Waals surface area (Å²) < 4.78 is 16.0. The fourth-order valence-corrected chi connectivity index (χ4v) is 2.13. The number of aliphatic hydroxyl groups excluding tert-OH is 1. The van der Waals surface area contributed by atoms with Crippen LogP contribution in [0.1, 0.15) is 6.92 Å². The van der Waals surface area contributed by atoms with Crippen LogP contribution in [0.15, 0.2) is 0 Å². The largest absolute Gasteiger partial charge is 0.394 e. The molecule has 0 aromatic heterocycles. The molecule has 1 fully saturated rings. The lowest BCUT2D eigenvalue weighted by Crippen LogP contribution is -2.47. The minimum Gasteiger partial charge on any atom is -0.394 e. The van der Waals surface area contributed by atoms with Gasteiger partial charge in [0.25, 0.3) is 0 Å². The average Bonchev–Trinajstić information content (AvgIpc) is 2.50. The van der Waals surface area contributed by atoms with Gasteiger partial charge in [-0.2, -0.15) is 0 Å². The van der Waals surface area contributed by atoms with Crippen molar-refractivity contribution in [3.8, 4) is 0 Å². The Hall–Kier alpha value is -0.240. The van der Waals surface area contributed by atoms with E-state index in [1.54, 1.807) is 0 Å². The lowest BCUT2D eigenvalue weighted by Gasteiger charge is -2.33. The quantitative estimate of drug-likeness (QED) is 0.497. The van der Waals surface area contributed by atoms with Gasteiger partial charge in [-0.05, 0) is 6.54 Å². The normalized spacial score (nSPS) is 17.7. The monoisotopic (exact) mass is 290 g/mol. The van der Waals surface area contributed by atoms with Crippen molar-refractivity contribution in [2.45, 2.75) is 6.92 Å². The zero-order valence-corrected chi connectivity index (χ0v) is 12.8. The number of nitrogens with zero attached hydrogens (tertiary/aromatic N) is 2. The van der Waals surface area contributed by atoms with Crippen LogP contribution in [0.3, 0.4) is 0 Å². The predicted molar refractivity (Wildman–Crippen MR) is 78.1 cm³/mol.